The Bertz CT molecular complexity index is 552. The maximum absolute atomic E-state index is 12.3. The van der Waals surface area contributed by atoms with E-state index >= 15 is 0 Å². The molecule has 1 aliphatic rings. The van der Waals surface area contributed by atoms with Crippen LogP contribution < -0.4 is 0 Å². The van der Waals surface area contributed by atoms with E-state index in [1.54, 1.807) is 25.4 Å². The third-order valence-corrected chi connectivity index (χ3v) is 6.20. The Balaban J connectivity index is 2.25. The van der Waals surface area contributed by atoms with Crippen LogP contribution in [0.4, 0.5) is 0 Å². The number of benzene rings is 1. The molecule has 2 rings (SSSR count). The zero-order valence-electron chi connectivity index (χ0n) is 12.7. The van der Waals surface area contributed by atoms with Crippen LogP contribution in [-0.4, -0.2) is 44.2 Å². The van der Waals surface area contributed by atoms with Gasteiger partial charge in [-0.1, -0.05) is 36.2 Å². The molecule has 1 saturated carbocycles. The highest BCUT2D eigenvalue weighted by Gasteiger charge is 2.37. The highest BCUT2D eigenvalue weighted by molar-refractivity contribution is 7.86. The van der Waals surface area contributed by atoms with Gasteiger partial charge in [0.15, 0.2) is 0 Å². The van der Waals surface area contributed by atoms with Gasteiger partial charge in [0, 0.05) is 33.1 Å². The maximum atomic E-state index is 12.3. The highest BCUT2D eigenvalue weighted by Crippen LogP contribution is 2.38. The van der Waals surface area contributed by atoms with Gasteiger partial charge in [0.2, 0.25) is 0 Å². The average molecular weight is 296 g/mol. The fourth-order valence-electron chi connectivity index (χ4n) is 3.01. The van der Waals surface area contributed by atoms with Crippen LogP contribution in [0.3, 0.4) is 0 Å². The fraction of sp³-hybridized carbons (Fsp3) is 0.600. The SMILES string of the molecule is Cc1ccc(C2CCCC2N(C)S(=O)(=O)N(C)C)cc1. The van der Waals surface area contributed by atoms with Gasteiger partial charge >= 0.3 is 0 Å². The van der Waals surface area contributed by atoms with Crippen molar-refractivity contribution in [2.45, 2.75) is 38.1 Å². The molecule has 1 aromatic rings. The molecule has 0 spiro atoms. The Hall–Kier alpha value is -0.910. The van der Waals surface area contributed by atoms with Crippen molar-refractivity contribution < 1.29 is 8.42 Å². The van der Waals surface area contributed by atoms with Crippen molar-refractivity contribution in [3.63, 3.8) is 0 Å². The van der Waals surface area contributed by atoms with Crippen LogP contribution in [-0.2, 0) is 10.2 Å². The Labute approximate surface area is 122 Å². The maximum Gasteiger partial charge on any atom is 0.281 e. The first-order chi connectivity index (χ1) is 9.34. The topological polar surface area (TPSA) is 40.6 Å². The van der Waals surface area contributed by atoms with Crippen LogP contribution in [0.2, 0.25) is 0 Å². The second kappa shape index (κ2) is 5.84. The minimum absolute atomic E-state index is 0.0603. The number of aryl methyl sites for hydroxylation is 1. The van der Waals surface area contributed by atoms with Gasteiger partial charge < -0.3 is 0 Å². The molecule has 0 heterocycles. The zero-order valence-corrected chi connectivity index (χ0v) is 13.5. The number of likely N-dealkylation sites (N-methyl/N-ethyl adjacent to an activating group) is 1. The first-order valence-electron chi connectivity index (χ1n) is 7.06. The molecule has 0 saturated heterocycles. The van der Waals surface area contributed by atoms with E-state index < -0.39 is 10.2 Å². The fourth-order valence-corrected chi connectivity index (χ4v) is 4.12. The van der Waals surface area contributed by atoms with Crippen molar-refractivity contribution in [2.75, 3.05) is 21.1 Å². The molecule has 0 bridgehead atoms. The predicted octanol–water partition coefficient (Wildman–Crippen LogP) is 2.37. The van der Waals surface area contributed by atoms with Crippen molar-refractivity contribution in [3.05, 3.63) is 35.4 Å². The van der Waals surface area contributed by atoms with Crippen LogP contribution in [0, 0.1) is 6.92 Å². The molecule has 5 heteroatoms. The second-order valence-corrected chi connectivity index (χ2v) is 8.02. The summed E-state index contributed by atoms with van der Waals surface area (Å²) in [6.45, 7) is 2.07. The molecule has 112 valence electrons. The van der Waals surface area contributed by atoms with Gasteiger partial charge in [-0.2, -0.15) is 17.0 Å². The lowest BCUT2D eigenvalue weighted by Gasteiger charge is -2.31. The minimum atomic E-state index is -3.34. The lowest BCUT2D eigenvalue weighted by Crippen LogP contribution is -2.44. The zero-order chi connectivity index (χ0) is 14.9. The second-order valence-electron chi connectivity index (χ2n) is 5.82. The van der Waals surface area contributed by atoms with Crippen LogP contribution in [0.25, 0.3) is 0 Å². The molecule has 1 aromatic carbocycles. The summed E-state index contributed by atoms with van der Waals surface area (Å²) in [6, 6.07) is 8.53. The molecular formula is C15H24N2O2S. The van der Waals surface area contributed by atoms with E-state index in [0.29, 0.717) is 5.92 Å². The minimum Gasteiger partial charge on any atom is -0.195 e. The molecule has 2 atom stereocenters. The Kier molecular flexibility index (Phi) is 4.52. The molecule has 0 aliphatic heterocycles. The van der Waals surface area contributed by atoms with Gasteiger partial charge in [-0.3, -0.25) is 0 Å². The number of rotatable bonds is 4. The summed E-state index contributed by atoms with van der Waals surface area (Å²) in [5.41, 5.74) is 2.48. The molecule has 4 nitrogen and oxygen atoms in total. The number of hydrogen-bond acceptors (Lipinski definition) is 2. The molecule has 1 fully saturated rings. The van der Waals surface area contributed by atoms with Gasteiger partial charge in [-0.25, -0.2) is 0 Å². The molecular weight excluding hydrogens is 272 g/mol. The summed E-state index contributed by atoms with van der Waals surface area (Å²) in [6.07, 6.45) is 3.07. The van der Waals surface area contributed by atoms with Crippen molar-refractivity contribution in [2.24, 2.45) is 0 Å². The quantitative estimate of drug-likeness (QED) is 0.856. The molecule has 0 radical (unpaired) electrons. The first kappa shape index (κ1) is 15.5. The molecule has 0 N–H and O–H groups in total. The molecule has 0 amide bonds. The molecule has 1 aliphatic carbocycles. The van der Waals surface area contributed by atoms with E-state index in [9.17, 15) is 8.42 Å². The third-order valence-electron chi connectivity index (χ3n) is 4.28. The van der Waals surface area contributed by atoms with Gasteiger partial charge in [0.05, 0.1) is 0 Å². The lowest BCUT2D eigenvalue weighted by atomic mass is 9.93. The van der Waals surface area contributed by atoms with Crippen molar-refractivity contribution in [1.29, 1.82) is 0 Å². The first-order valence-corrected chi connectivity index (χ1v) is 8.46. The molecule has 2 unspecified atom stereocenters. The third kappa shape index (κ3) is 2.90. The summed E-state index contributed by atoms with van der Waals surface area (Å²) in [5, 5.41) is 0. The number of nitrogens with zero attached hydrogens (tertiary/aromatic N) is 2. The smallest absolute Gasteiger partial charge is 0.195 e. The standard InChI is InChI=1S/C15H24N2O2S/c1-12-8-10-13(11-9-12)14-6-5-7-15(14)17(4)20(18,19)16(2)3/h8-11,14-15H,5-7H2,1-4H3. The number of hydrogen-bond donors (Lipinski definition) is 0. The van der Waals surface area contributed by atoms with Crippen molar-refractivity contribution in [3.8, 4) is 0 Å². The van der Waals surface area contributed by atoms with Crippen LogP contribution in [0.15, 0.2) is 24.3 Å². The highest BCUT2D eigenvalue weighted by atomic mass is 32.2. The van der Waals surface area contributed by atoms with E-state index in [4.69, 9.17) is 0 Å². The normalized spacial score (nSPS) is 23.7. The summed E-state index contributed by atoms with van der Waals surface area (Å²) >= 11 is 0. The molecule has 20 heavy (non-hydrogen) atoms. The molecule has 0 aromatic heterocycles. The van der Waals surface area contributed by atoms with E-state index in [1.807, 2.05) is 0 Å². The average Bonchev–Trinajstić information content (AvgIpc) is 2.87. The van der Waals surface area contributed by atoms with E-state index in [2.05, 4.69) is 31.2 Å². The summed E-state index contributed by atoms with van der Waals surface area (Å²) in [7, 11) is 1.53. The Morgan fingerprint density at radius 2 is 1.65 bits per heavy atom. The van der Waals surface area contributed by atoms with E-state index in [-0.39, 0.29) is 6.04 Å². The van der Waals surface area contributed by atoms with E-state index in [1.165, 1.54) is 15.4 Å². The van der Waals surface area contributed by atoms with Crippen molar-refractivity contribution in [1.82, 2.24) is 8.61 Å². The summed E-state index contributed by atoms with van der Waals surface area (Å²) < 4.78 is 27.4. The Morgan fingerprint density at radius 1 is 1.05 bits per heavy atom. The predicted molar refractivity (Wildman–Crippen MR) is 81.9 cm³/mol. The van der Waals surface area contributed by atoms with Crippen LogP contribution in [0.5, 0.6) is 0 Å². The van der Waals surface area contributed by atoms with Gasteiger partial charge in [0.25, 0.3) is 10.2 Å². The largest absolute Gasteiger partial charge is 0.281 e. The van der Waals surface area contributed by atoms with Crippen molar-refractivity contribution >= 4 is 10.2 Å². The monoisotopic (exact) mass is 296 g/mol. The summed E-state index contributed by atoms with van der Waals surface area (Å²) in [4.78, 5) is 0. The van der Waals surface area contributed by atoms with Gasteiger partial charge in [0.1, 0.15) is 0 Å². The van der Waals surface area contributed by atoms with E-state index in [0.717, 1.165) is 19.3 Å². The van der Waals surface area contributed by atoms with Gasteiger partial charge in [-0.15, -0.1) is 0 Å². The summed E-state index contributed by atoms with van der Waals surface area (Å²) in [5.74, 6) is 0.301. The lowest BCUT2D eigenvalue weighted by molar-refractivity contribution is 0.324. The van der Waals surface area contributed by atoms with Gasteiger partial charge in [-0.05, 0) is 25.3 Å². The van der Waals surface area contributed by atoms with Crippen LogP contribution >= 0.6 is 0 Å². The Morgan fingerprint density at radius 3 is 2.20 bits per heavy atom. The van der Waals surface area contributed by atoms with Crippen LogP contribution in [0.1, 0.15) is 36.3 Å².